The monoisotopic (exact) mass is 929 g/mol. The van der Waals surface area contributed by atoms with Gasteiger partial charge in [0.2, 0.25) is 0 Å². The summed E-state index contributed by atoms with van der Waals surface area (Å²) in [5, 5.41) is 0. The minimum atomic E-state index is -0.215. The van der Waals surface area contributed by atoms with Crippen LogP contribution in [0.3, 0.4) is 0 Å². The van der Waals surface area contributed by atoms with Gasteiger partial charge < -0.3 is 56.3 Å². The Labute approximate surface area is 397 Å². The molecule has 2 aliphatic rings. The van der Waals surface area contributed by atoms with Crippen LogP contribution in [0.25, 0.3) is 0 Å². The molecule has 0 fully saturated rings. The Kier molecular flexibility index (Phi) is 17.5. The molecule has 14 nitrogen and oxygen atoms in total. The summed E-state index contributed by atoms with van der Waals surface area (Å²) in [6, 6.07) is 20.5. The van der Waals surface area contributed by atoms with Crippen molar-refractivity contribution < 1.29 is 65.9 Å². The van der Waals surface area contributed by atoms with Gasteiger partial charge in [-0.2, -0.15) is 0 Å². The van der Waals surface area contributed by atoms with Crippen LogP contribution >= 0.6 is 0 Å². The number of unbranched alkanes of at least 4 members (excludes halogenated alkanes) is 2. The van der Waals surface area contributed by atoms with E-state index in [4.69, 9.17) is 47.4 Å². The molecule has 4 aromatic carbocycles. The van der Waals surface area contributed by atoms with Gasteiger partial charge in [0.1, 0.15) is 12.1 Å². The summed E-state index contributed by atoms with van der Waals surface area (Å²) in [6.07, 6.45) is 5.85. The molecular weight excluding hydrogens is 857 g/mol. The van der Waals surface area contributed by atoms with Crippen LogP contribution in [0, 0.1) is 0 Å². The van der Waals surface area contributed by atoms with Gasteiger partial charge in [-0.25, -0.2) is 0 Å². The zero-order valence-corrected chi connectivity index (χ0v) is 41.3. The van der Waals surface area contributed by atoms with Crippen LogP contribution in [0.15, 0.2) is 60.7 Å². The number of likely N-dealkylation sites (N-methyl/N-ethyl adjacent to an activating group) is 2. The summed E-state index contributed by atoms with van der Waals surface area (Å²) in [5.74, 6) is 5.06. The molecular formula is C53H72N2O12+2. The molecule has 0 bridgehead atoms. The highest BCUT2D eigenvalue weighted by atomic mass is 16.5. The Morgan fingerprint density at radius 1 is 0.463 bits per heavy atom. The lowest BCUT2D eigenvalue weighted by Crippen LogP contribution is -2.53. The smallest absolute Gasteiger partial charge is 0.311 e. The van der Waals surface area contributed by atoms with Crippen LogP contribution in [0.2, 0.25) is 0 Å². The Hall–Kier alpha value is -5.86. The lowest BCUT2D eigenvalue weighted by molar-refractivity contribution is -0.940. The number of benzene rings is 4. The first-order valence-electron chi connectivity index (χ1n) is 23.3. The first-order chi connectivity index (χ1) is 32.4. The lowest BCUT2D eigenvalue weighted by Gasteiger charge is -2.46. The minimum absolute atomic E-state index is 0.0393. The summed E-state index contributed by atoms with van der Waals surface area (Å²) >= 11 is 0. The first kappa shape index (κ1) is 50.6. The van der Waals surface area contributed by atoms with Crippen LogP contribution in [-0.2, 0) is 44.7 Å². The van der Waals surface area contributed by atoms with Gasteiger partial charge in [-0.05, 0) is 90.0 Å². The fraction of sp³-hybridized carbons (Fsp3) is 0.509. The molecule has 0 radical (unpaired) electrons. The van der Waals surface area contributed by atoms with Crippen LogP contribution in [-0.4, -0.2) is 131 Å². The van der Waals surface area contributed by atoms with Crippen molar-refractivity contribution in [1.82, 2.24) is 0 Å². The summed E-state index contributed by atoms with van der Waals surface area (Å²) in [6.45, 7) is 3.57. The van der Waals surface area contributed by atoms with Gasteiger partial charge in [-0.3, -0.25) is 9.59 Å². The van der Waals surface area contributed by atoms with E-state index >= 15 is 0 Å². The number of rotatable bonds is 24. The van der Waals surface area contributed by atoms with E-state index in [2.05, 4.69) is 50.5 Å². The third-order valence-corrected chi connectivity index (χ3v) is 14.0. The maximum Gasteiger partial charge on any atom is 0.311 e. The number of esters is 2. The lowest BCUT2D eigenvalue weighted by atomic mass is 9.86. The van der Waals surface area contributed by atoms with E-state index in [1.54, 1.807) is 56.9 Å². The molecule has 6 rings (SSSR count). The van der Waals surface area contributed by atoms with Gasteiger partial charge in [0, 0.05) is 36.8 Å². The van der Waals surface area contributed by atoms with Gasteiger partial charge in [-0.15, -0.1) is 0 Å². The predicted molar refractivity (Wildman–Crippen MR) is 255 cm³/mol. The SMILES string of the molecule is COc1ccc(C[C@H]2c3cc(OC)c(OC)cc3CC[N+]2(C)CCC(=O)OCCCCCOC(=O)CC[N+]2(C)CCc3cc(OC)c(OC)cc3[C@@H]2Cc2ccc(OC)c(OC)c2)cc1OC. The third-order valence-electron chi connectivity index (χ3n) is 14.0. The molecule has 0 spiro atoms. The maximum absolute atomic E-state index is 13.2. The fourth-order valence-electron chi connectivity index (χ4n) is 9.91. The molecule has 4 atom stereocenters. The molecule has 0 N–H and O–H groups in total. The Morgan fingerprint density at radius 2 is 0.806 bits per heavy atom. The number of quaternary nitrogens is 2. The molecule has 2 heterocycles. The van der Waals surface area contributed by atoms with Crippen molar-refractivity contribution in [2.24, 2.45) is 0 Å². The molecule has 2 aliphatic heterocycles. The topological polar surface area (TPSA) is 126 Å². The zero-order valence-electron chi connectivity index (χ0n) is 41.3. The number of fused-ring (bicyclic) bond motifs is 2. The first-order valence-corrected chi connectivity index (χ1v) is 23.3. The van der Waals surface area contributed by atoms with Crippen molar-refractivity contribution >= 4 is 11.9 Å². The number of hydrogen-bond donors (Lipinski definition) is 0. The Morgan fingerprint density at radius 3 is 1.16 bits per heavy atom. The molecule has 0 aromatic heterocycles. The van der Waals surface area contributed by atoms with Gasteiger partial charge in [0.25, 0.3) is 0 Å². The van der Waals surface area contributed by atoms with Crippen molar-refractivity contribution in [3.8, 4) is 46.0 Å². The molecule has 67 heavy (non-hydrogen) atoms. The van der Waals surface area contributed by atoms with Gasteiger partial charge >= 0.3 is 11.9 Å². The van der Waals surface area contributed by atoms with E-state index in [0.29, 0.717) is 107 Å². The fourth-order valence-corrected chi connectivity index (χ4v) is 9.91. The van der Waals surface area contributed by atoms with E-state index < -0.39 is 0 Å². The Bertz CT molecular complexity index is 2160. The van der Waals surface area contributed by atoms with Crippen molar-refractivity contribution in [2.45, 2.75) is 69.9 Å². The molecule has 0 amide bonds. The van der Waals surface area contributed by atoms with Crippen molar-refractivity contribution in [2.75, 3.05) is 110 Å². The molecule has 14 heteroatoms. The van der Waals surface area contributed by atoms with E-state index in [1.807, 2.05) is 24.3 Å². The standard InChI is InChI=1S/C53H72N2O12/c1-54(22-18-38-32-48(62-7)50(64-9)34-40(38)42(54)28-36-14-16-44(58-3)46(30-36)60-5)24-20-52(56)66-26-12-11-13-27-67-53(57)21-25-55(2)23-19-39-33-49(63-8)51(65-10)35-41(39)43(55)29-37-15-17-45(59-4)47(31-37)61-6/h14-17,30-35,42-43H,11-13,18-29H2,1-10H3/q+2/t42-,43-,54?,55?/m0/s1. The highest BCUT2D eigenvalue weighted by Gasteiger charge is 2.42. The van der Waals surface area contributed by atoms with Crippen molar-refractivity contribution in [3.63, 3.8) is 0 Å². The third kappa shape index (κ3) is 12.0. The number of nitrogens with zero attached hydrogens (tertiary/aromatic N) is 2. The second-order valence-electron chi connectivity index (χ2n) is 18.0. The zero-order chi connectivity index (χ0) is 48.1. The Balaban J connectivity index is 0.987. The molecule has 364 valence electrons. The van der Waals surface area contributed by atoms with Crippen LogP contribution in [0.5, 0.6) is 46.0 Å². The van der Waals surface area contributed by atoms with Crippen molar-refractivity contribution in [1.29, 1.82) is 0 Å². The number of carbonyl (C=O) groups is 2. The molecule has 0 saturated heterocycles. The van der Waals surface area contributed by atoms with Crippen LogP contribution in [0.4, 0.5) is 0 Å². The summed E-state index contributed by atoms with van der Waals surface area (Å²) in [4.78, 5) is 26.4. The van der Waals surface area contributed by atoms with E-state index in [-0.39, 0.29) is 24.0 Å². The number of hydrogen-bond acceptors (Lipinski definition) is 12. The number of ether oxygens (including phenoxy) is 10. The highest BCUT2D eigenvalue weighted by Crippen LogP contribution is 2.45. The minimum Gasteiger partial charge on any atom is -0.493 e. The average molecular weight is 929 g/mol. The van der Waals surface area contributed by atoms with Gasteiger partial charge in [0.15, 0.2) is 46.0 Å². The number of methoxy groups -OCH3 is 8. The maximum atomic E-state index is 13.2. The van der Waals surface area contributed by atoms with Crippen LogP contribution in [0.1, 0.15) is 77.6 Å². The quantitative estimate of drug-likeness (QED) is 0.0383. The summed E-state index contributed by atoms with van der Waals surface area (Å²) < 4.78 is 57.8. The van der Waals surface area contributed by atoms with Crippen molar-refractivity contribution in [3.05, 3.63) is 94.0 Å². The van der Waals surface area contributed by atoms with Crippen LogP contribution < -0.4 is 37.9 Å². The second-order valence-corrected chi connectivity index (χ2v) is 18.0. The van der Waals surface area contributed by atoms with E-state index in [1.165, 1.54) is 22.3 Å². The van der Waals surface area contributed by atoms with Gasteiger partial charge in [0.05, 0.1) is 123 Å². The summed E-state index contributed by atoms with van der Waals surface area (Å²) in [7, 11) is 17.6. The predicted octanol–water partition coefficient (Wildman–Crippen LogP) is 8.07. The highest BCUT2D eigenvalue weighted by molar-refractivity contribution is 5.69. The summed E-state index contributed by atoms with van der Waals surface area (Å²) in [5.41, 5.74) is 7.00. The normalized spacial score (nSPS) is 19.6. The van der Waals surface area contributed by atoms with E-state index in [0.717, 1.165) is 56.3 Å². The van der Waals surface area contributed by atoms with E-state index in [9.17, 15) is 9.59 Å². The second kappa shape index (κ2) is 23.2. The number of carbonyl (C=O) groups excluding carboxylic acids is 2. The largest absolute Gasteiger partial charge is 0.493 e. The average Bonchev–Trinajstić information content (AvgIpc) is 3.35. The molecule has 4 aromatic rings. The molecule has 0 aliphatic carbocycles. The van der Waals surface area contributed by atoms with Gasteiger partial charge in [-0.1, -0.05) is 12.1 Å². The molecule has 2 unspecified atom stereocenters. The molecule has 0 saturated carbocycles.